The number of rotatable bonds is 6. The average molecular weight is 407 g/mol. The van der Waals surface area contributed by atoms with Crippen molar-refractivity contribution in [2.75, 3.05) is 39.1 Å². The number of likely N-dealkylation sites (N-methyl/N-ethyl adjacent to an activating group) is 1. The molecule has 3 amide bonds. The zero-order valence-electron chi connectivity index (χ0n) is 18.2. The highest BCUT2D eigenvalue weighted by molar-refractivity contribution is 6.01. The van der Waals surface area contributed by atoms with Crippen LogP contribution in [-0.4, -0.2) is 78.8 Å². The van der Waals surface area contributed by atoms with Crippen LogP contribution in [0.2, 0.25) is 0 Å². The summed E-state index contributed by atoms with van der Waals surface area (Å²) in [6, 6.07) is 4.44. The molecule has 0 bridgehead atoms. The summed E-state index contributed by atoms with van der Waals surface area (Å²) in [5.41, 5.74) is 0.826. The Hall–Kier alpha value is -2.32. The van der Waals surface area contributed by atoms with Gasteiger partial charge in [0, 0.05) is 25.0 Å². The lowest BCUT2D eigenvalue weighted by Crippen LogP contribution is -2.49. The number of nitrogens with one attached hydrogen (secondary N) is 2. The minimum atomic E-state index is -0.357. The number of fused-ring (bicyclic) bond motifs is 1. The van der Waals surface area contributed by atoms with Crippen molar-refractivity contribution >= 4 is 17.6 Å². The highest BCUT2D eigenvalue weighted by Crippen LogP contribution is 2.34. The Bertz CT molecular complexity index is 723. The molecule has 1 aromatic carbocycles. The molecule has 8 heteroatoms. The number of benzene rings is 1. The van der Waals surface area contributed by atoms with E-state index in [9.17, 15) is 14.7 Å². The molecule has 1 heterocycles. The molecule has 0 radical (unpaired) electrons. The second-order valence-electron chi connectivity index (χ2n) is 8.32. The van der Waals surface area contributed by atoms with Gasteiger partial charge in [0.2, 0.25) is 0 Å². The van der Waals surface area contributed by atoms with Crippen molar-refractivity contribution in [1.82, 2.24) is 15.1 Å². The van der Waals surface area contributed by atoms with Gasteiger partial charge in [0.05, 0.1) is 23.9 Å². The van der Waals surface area contributed by atoms with Crippen molar-refractivity contribution < 1.29 is 19.4 Å². The van der Waals surface area contributed by atoms with Gasteiger partial charge in [-0.1, -0.05) is 13.0 Å². The van der Waals surface area contributed by atoms with Crippen LogP contribution in [0, 0.1) is 5.92 Å². The van der Waals surface area contributed by atoms with Gasteiger partial charge in [-0.15, -0.1) is 0 Å². The van der Waals surface area contributed by atoms with Crippen LogP contribution >= 0.6 is 0 Å². The van der Waals surface area contributed by atoms with Crippen molar-refractivity contribution in [2.45, 2.75) is 45.9 Å². The topological polar surface area (TPSA) is 94.1 Å². The summed E-state index contributed by atoms with van der Waals surface area (Å²) in [6.45, 7) is 8.61. The normalized spacial score (nSPS) is 20.6. The zero-order chi connectivity index (χ0) is 21.7. The number of urea groups is 1. The lowest BCUT2D eigenvalue weighted by molar-refractivity contribution is 0.0365. The average Bonchev–Trinajstić information content (AvgIpc) is 2.63. The lowest BCUT2D eigenvalue weighted by atomic mass is 9.99. The summed E-state index contributed by atoms with van der Waals surface area (Å²) in [7, 11) is 3.94. The molecule has 8 nitrogen and oxygen atoms in total. The fourth-order valence-corrected chi connectivity index (χ4v) is 3.34. The zero-order valence-corrected chi connectivity index (χ0v) is 18.2. The van der Waals surface area contributed by atoms with E-state index in [-0.39, 0.29) is 42.7 Å². The molecule has 1 aromatic rings. The lowest BCUT2D eigenvalue weighted by Gasteiger charge is -2.38. The molecule has 0 saturated carbocycles. The van der Waals surface area contributed by atoms with Crippen LogP contribution in [0.25, 0.3) is 0 Å². The number of hydrogen-bond acceptors (Lipinski definition) is 5. The summed E-state index contributed by atoms with van der Waals surface area (Å²) in [6.07, 6.45) is -0.193. The molecule has 0 unspecified atom stereocenters. The maximum absolute atomic E-state index is 13.3. The molecular formula is C21H34N4O4. The van der Waals surface area contributed by atoms with Gasteiger partial charge in [-0.25, -0.2) is 4.79 Å². The molecule has 0 aromatic heterocycles. The van der Waals surface area contributed by atoms with Gasteiger partial charge < -0.3 is 30.3 Å². The Morgan fingerprint density at radius 1 is 1.34 bits per heavy atom. The van der Waals surface area contributed by atoms with Crippen molar-refractivity contribution in [1.29, 1.82) is 0 Å². The summed E-state index contributed by atoms with van der Waals surface area (Å²) in [4.78, 5) is 29.3. The number of amides is 3. The number of aliphatic hydroxyl groups is 1. The predicted molar refractivity (Wildman–Crippen MR) is 113 cm³/mol. The Morgan fingerprint density at radius 3 is 2.62 bits per heavy atom. The Morgan fingerprint density at radius 2 is 2.03 bits per heavy atom. The van der Waals surface area contributed by atoms with Crippen LogP contribution in [0.4, 0.5) is 10.5 Å². The molecule has 3 N–H and O–H groups in total. The van der Waals surface area contributed by atoms with Crippen molar-refractivity contribution in [3.63, 3.8) is 0 Å². The molecule has 0 spiro atoms. The molecule has 29 heavy (non-hydrogen) atoms. The van der Waals surface area contributed by atoms with Gasteiger partial charge in [-0.3, -0.25) is 4.79 Å². The van der Waals surface area contributed by atoms with Crippen LogP contribution in [0.3, 0.4) is 0 Å². The van der Waals surface area contributed by atoms with E-state index < -0.39 is 0 Å². The highest BCUT2D eigenvalue weighted by atomic mass is 16.5. The molecule has 1 aliphatic rings. The van der Waals surface area contributed by atoms with Crippen LogP contribution in [0.5, 0.6) is 5.75 Å². The standard InChI is InChI=1S/C21H34N4O4/c1-13(2)22-21(28)23-17-9-7-8-16-19(17)29-18(11-24(5)6)14(3)10-25(20(16)27)15(4)12-26/h7-9,13-15,18,26H,10-12H2,1-6H3,(H2,22,23,28)/t14-,15+,18-/m1/s1. The highest BCUT2D eigenvalue weighted by Gasteiger charge is 2.34. The second-order valence-corrected chi connectivity index (χ2v) is 8.32. The minimum Gasteiger partial charge on any atom is -0.486 e. The van der Waals surface area contributed by atoms with Gasteiger partial charge >= 0.3 is 6.03 Å². The number of hydrogen-bond donors (Lipinski definition) is 3. The first-order valence-corrected chi connectivity index (χ1v) is 10.1. The fraction of sp³-hybridized carbons (Fsp3) is 0.619. The maximum atomic E-state index is 13.3. The van der Waals surface area contributed by atoms with Gasteiger partial charge in [0.15, 0.2) is 5.75 Å². The first-order valence-electron chi connectivity index (χ1n) is 10.1. The van der Waals surface area contributed by atoms with Crippen LogP contribution < -0.4 is 15.4 Å². The molecule has 2 rings (SSSR count). The van der Waals surface area contributed by atoms with E-state index in [1.165, 1.54) is 0 Å². The summed E-state index contributed by atoms with van der Waals surface area (Å²) in [5.74, 6) is 0.176. The van der Waals surface area contributed by atoms with E-state index in [0.717, 1.165) is 0 Å². The first-order chi connectivity index (χ1) is 13.6. The Labute approximate surface area is 173 Å². The number of aliphatic hydroxyl groups excluding tert-OH is 1. The predicted octanol–water partition coefficient (Wildman–Crippen LogP) is 2.00. The van der Waals surface area contributed by atoms with Gasteiger partial charge in [0.25, 0.3) is 5.91 Å². The second kappa shape index (κ2) is 9.93. The number of carbonyl (C=O) groups excluding carboxylic acids is 2. The van der Waals surface area contributed by atoms with Crippen molar-refractivity contribution in [3.05, 3.63) is 23.8 Å². The van der Waals surface area contributed by atoms with E-state index in [0.29, 0.717) is 30.1 Å². The number of anilines is 1. The Balaban J connectivity index is 2.50. The Kier molecular flexibility index (Phi) is 7.87. The summed E-state index contributed by atoms with van der Waals surface area (Å²) < 4.78 is 6.33. The van der Waals surface area contributed by atoms with Gasteiger partial charge in [-0.05, 0) is 47.0 Å². The SMILES string of the molecule is CC(C)NC(=O)Nc1cccc2c1O[C@H](CN(C)C)[C@H](C)CN([C@@H](C)CO)C2=O. The van der Waals surface area contributed by atoms with Crippen LogP contribution in [-0.2, 0) is 0 Å². The number of nitrogens with zero attached hydrogens (tertiary/aromatic N) is 2. The van der Waals surface area contributed by atoms with E-state index in [2.05, 4.69) is 10.6 Å². The number of carbonyl (C=O) groups is 2. The molecule has 0 fully saturated rings. The largest absolute Gasteiger partial charge is 0.486 e. The third-order valence-corrected chi connectivity index (χ3v) is 4.90. The van der Waals surface area contributed by atoms with E-state index in [4.69, 9.17) is 4.74 Å². The molecule has 0 saturated heterocycles. The van der Waals surface area contributed by atoms with Crippen molar-refractivity contribution in [3.8, 4) is 5.75 Å². The summed E-state index contributed by atoms with van der Waals surface area (Å²) >= 11 is 0. The fourth-order valence-electron chi connectivity index (χ4n) is 3.34. The molecule has 0 aliphatic carbocycles. The third-order valence-electron chi connectivity index (χ3n) is 4.90. The van der Waals surface area contributed by atoms with Crippen molar-refractivity contribution in [2.24, 2.45) is 5.92 Å². The van der Waals surface area contributed by atoms with Gasteiger partial charge in [0.1, 0.15) is 6.10 Å². The first kappa shape index (κ1) is 23.0. The summed E-state index contributed by atoms with van der Waals surface area (Å²) in [5, 5.41) is 15.3. The van der Waals surface area contributed by atoms with Crippen LogP contribution in [0.15, 0.2) is 18.2 Å². The molecular weight excluding hydrogens is 372 g/mol. The maximum Gasteiger partial charge on any atom is 0.319 e. The number of ether oxygens (including phenoxy) is 1. The minimum absolute atomic E-state index is 0.0227. The van der Waals surface area contributed by atoms with E-state index in [1.807, 2.05) is 46.7 Å². The van der Waals surface area contributed by atoms with E-state index in [1.54, 1.807) is 23.1 Å². The van der Waals surface area contributed by atoms with E-state index >= 15 is 0 Å². The molecule has 3 atom stereocenters. The quantitative estimate of drug-likeness (QED) is 0.672. The molecule has 162 valence electrons. The molecule has 1 aliphatic heterocycles. The van der Waals surface area contributed by atoms with Gasteiger partial charge in [-0.2, -0.15) is 0 Å². The van der Waals surface area contributed by atoms with Crippen LogP contribution in [0.1, 0.15) is 38.1 Å². The monoisotopic (exact) mass is 406 g/mol. The third kappa shape index (κ3) is 5.83. The number of para-hydroxylation sites is 1. The smallest absolute Gasteiger partial charge is 0.319 e.